The van der Waals surface area contributed by atoms with Crippen LogP contribution in [-0.2, 0) is 6.42 Å². The number of nitro groups is 1. The Labute approximate surface area is 157 Å². The van der Waals surface area contributed by atoms with Crippen molar-refractivity contribution in [3.8, 4) is 6.07 Å². The van der Waals surface area contributed by atoms with Crippen molar-refractivity contribution in [2.45, 2.75) is 12.8 Å². The number of carbonyl (C=O) groups excluding carboxylic acids is 1. The van der Waals surface area contributed by atoms with Crippen molar-refractivity contribution in [1.82, 2.24) is 0 Å². The first kappa shape index (κ1) is 19.5. The Morgan fingerprint density at radius 3 is 1.89 bits per heavy atom. The van der Waals surface area contributed by atoms with E-state index in [1.54, 1.807) is 24.3 Å². The lowest BCUT2D eigenvalue weighted by Crippen LogP contribution is -2.00. The lowest BCUT2D eigenvalue weighted by atomic mass is 10.0. The van der Waals surface area contributed by atoms with E-state index in [0.717, 1.165) is 6.42 Å². The van der Waals surface area contributed by atoms with Gasteiger partial charge in [0, 0.05) is 29.7 Å². The molecule has 0 aliphatic rings. The SMILES string of the molecule is N#CCCc1ccccc1.O=C(c1ccccc1)c1ccc([N+](=O)[O-])cc1. The molecule has 134 valence electrons. The van der Waals surface area contributed by atoms with Crippen LogP contribution in [0.2, 0.25) is 0 Å². The van der Waals surface area contributed by atoms with Crippen LogP contribution in [0, 0.1) is 21.4 Å². The second-order valence-electron chi connectivity index (χ2n) is 5.64. The smallest absolute Gasteiger partial charge is 0.269 e. The van der Waals surface area contributed by atoms with Gasteiger partial charge in [0.1, 0.15) is 0 Å². The topological polar surface area (TPSA) is 84.0 Å². The fraction of sp³-hybridized carbons (Fsp3) is 0.0909. The highest BCUT2D eigenvalue weighted by Gasteiger charge is 2.10. The normalized spacial score (nSPS) is 9.44. The molecule has 3 rings (SSSR count). The van der Waals surface area contributed by atoms with Crippen molar-refractivity contribution < 1.29 is 9.72 Å². The summed E-state index contributed by atoms with van der Waals surface area (Å²) in [6, 6.07) is 26.6. The molecular formula is C22H18N2O3. The number of nitriles is 1. The number of rotatable bonds is 5. The van der Waals surface area contributed by atoms with Gasteiger partial charge in [-0.25, -0.2) is 0 Å². The Balaban J connectivity index is 0.000000223. The first-order valence-electron chi connectivity index (χ1n) is 8.37. The molecule has 0 amide bonds. The molecule has 0 N–H and O–H groups in total. The molecule has 0 radical (unpaired) electrons. The average Bonchev–Trinajstić information content (AvgIpc) is 2.73. The third-order valence-corrected chi connectivity index (χ3v) is 3.74. The van der Waals surface area contributed by atoms with Crippen molar-refractivity contribution in [3.05, 3.63) is 112 Å². The molecule has 0 aliphatic heterocycles. The summed E-state index contributed by atoms with van der Waals surface area (Å²) in [5.41, 5.74) is 2.24. The first-order valence-corrected chi connectivity index (χ1v) is 8.37. The fourth-order valence-electron chi connectivity index (χ4n) is 2.34. The number of nitro benzene ring substituents is 1. The molecule has 0 spiro atoms. The molecule has 0 aliphatic carbocycles. The maximum absolute atomic E-state index is 12.0. The average molecular weight is 358 g/mol. The summed E-state index contributed by atoms with van der Waals surface area (Å²) in [6.45, 7) is 0. The maximum atomic E-state index is 12.0. The van der Waals surface area contributed by atoms with Gasteiger partial charge in [-0.2, -0.15) is 5.26 Å². The Kier molecular flexibility index (Phi) is 7.43. The minimum Gasteiger partial charge on any atom is -0.289 e. The second-order valence-corrected chi connectivity index (χ2v) is 5.64. The van der Waals surface area contributed by atoms with Crippen molar-refractivity contribution >= 4 is 11.5 Å². The molecule has 0 unspecified atom stereocenters. The highest BCUT2D eigenvalue weighted by molar-refractivity contribution is 6.09. The number of nitrogens with zero attached hydrogens (tertiary/aromatic N) is 2. The van der Waals surface area contributed by atoms with E-state index in [2.05, 4.69) is 6.07 Å². The third kappa shape index (κ3) is 6.22. The van der Waals surface area contributed by atoms with Gasteiger partial charge in [0.15, 0.2) is 5.78 Å². The Morgan fingerprint density at radius 2 is 1.37 bits per heavy atom. The molecule has 0 atom stereocenters. The number of hydrogen-bond acceptors (Lipinski definition) is 4. The molecule has 0 fully saturated rings. The number of ketones is 1. The predicted octanol–water partition coefficient (Wildman–Crippen LogP) is 4.97. The first-order chi connectivity index (χ1) is 13.1. The highest BCUT2D eigenvalue weighted by Crippen LogP contribution is 2.15. The number of carbonyl (C=O) groups is 1. The van der Waals surface area contributed by atoms with E-state index in [9.17, 15) is 14.9 Å². The number of hydrogen-bond donors (Lipinski definition) is 0. The summed E-state index contributed by atoms with van der Waals surface area (Å²) in [4.78, 5) is 21.9. The lowest BCUT2D eigenvalue weighted by Gasteiger charge is -2.00. The van der Waals surface area contributed by atoms with Crippen LogP contribution in [0.5, 0.6) is 0 Å². The summed E-state index contributed by atoms with van der Waals surface area (Å²) in [5.74, 6) is -0.138. The van der Waals surface area contributed by atoms with Crippen LogP contribution in [0.25, 0.3) is 0 Å². The van der Waals surface area contributed by atoms with E-state index in [4.69, 9.17) is 5.26 Å². The van der Waals surface area contributed by atoms with Gasteiger partial charge < -0.3 is 0 Å². The van der Waals surface area contributed by atoms with Crippen molar-refractivity contribution in [1.29, 1.82) is 5.26 Å². The van der Waals surface area contributed by atoms with Gasteiger partial charge in [-0.1, -0.05) is 60.7 Å². The zero-order chi connectivity index (χ0) is 19.5. The van der Waals surface area contributed by atoms with Crippen LogP contribution in [0.15, 0.2) is 84.9 Å². The van der Waals surface area contributed by atoms with Crippen molar-refractivity contribution in [2.75, 3.05) is 0 Å². The summed E-state index contributed by atoms with van der Waals surface area (Å²) in [6.07, 6.45) is 1.49. The molecule has 0 saturated heterocycles. The van der Waals surface area contributed by atoms with Gasteiger partial charge in [0.05, 0.1) is 11.0 Å². The Morgan fingerprint density at radius 1 is 0.852 bits per heavy atom. The van der Waals surface area contributed by atoms with Gasteiger partial charge in [0.25, 0.3) is 5.69 Å². The molecule has 0 saturated carbocycles. The van der Waals surface area contributed by atoms with Crippen LogP contribution in [0.4, 0.5) is 5.69 Å². The fourth-order valence-corrected chi connectivity index (χ4v) is 2.34. The number of benzene rings is 3. The van der Waals surface area contributed by atoms with Crippen molar-refractivity contribution in [2.24, 2.45) is 0 Å². The van der Waals surface area contributed by atoms with E-state index in [1.807, 2.05) is 36.4 Å². The molecule has 5 nitrogen and oxygen atoms in total. The van der Waals surface area contributed by atoms with Crippen molar-refractivity contribution in [3.63, 3.8) is 0 Å². The van der Waals surface area contributed by atoms with Gasteiger partial charge in [-0.3, -0.25) is 14.9 Å². The van der Waals surface area contributed by atoms with Gasteiger partial charge in [-0.05, 0) is 24.1 Å². The van der Waals surface area contributed by atoms with Gasteiger partial charge in [-0.15, -0.1) is 0 Å². The second kappa shape index (κ2) is 10.3. The lowest BCUT2D eigenvalue weighted by molar-refractivity contribution is -0.384. The molecule has 5 heteroatoms. The van der Waals surface area contributed by atoms with E-state index in [-0.39, 0.29) is 11.5 Å². The van der Waals surface area contributed by atoms with E-state index in [1.165, 1.54) is 29.8 Å². The van der Waals surface area contributed by atoms with E-state index >= 15 is 0 Å². The molecular weight excluding hydrogens is 340 g/mol. The Bertz CT molecular complexity index is 915. The molecule has 27 heavy (non-hydrogen) atoms. The predicted molar refractivity (Wildman–Crippen MR) is 103 cm³/mol. The summed E-state index contributed by atoms with van der Waals surface area (Å²) < 4.78 is 0. The summed E-state index contributed by atoms with van der Waals surface area (Å²) >= 11 is 0. The quantitative estimate of drug-likeness (QED) is 0.366. The monoisotopic (exact) mass is 358 g/mol. The molecule has 3 aromatic rings. The number of aryl methyl sites for hydroxylation is 1. The third-order valence-electron chi connectivity index (χ3n) is 3.74. The molecule has 3 aromatic carbocycles. The summed E-state index contributed by atoms with van der Waals surface area (Å²) in [7, 11) is 0. The molecule has 0 heterocycles. The maximum Gasteiger partial charge on any atom is 0.269 e. The minimum atomic E-state index is -0.489. The van der Waals surface area contributed by atoms with E-state index in [0.29, 0.717) is 17.5 Å². The Hall–Kier alpha value is -3.78. The van der Waals surface area contributed by atoms with E-state index < -0.39 is 4.92 Å². The minimum absolute atomic E-state index is 0.0189. The zero-order valence-electron chi connectivity index (χ0n) is 14.6. The van der Waals surface area contributed by atoms with Gasteiger partial charge >= 0.3 is 0 Å². The summed E-state index contributed by atoms with van der Waals surface area (Å²) in [5, 5.41) is 18.8. The standard InChI is InChI=1S/C13H9NO3.C9H9N/c15-13(10-4-2-1-3-5-10)11-6-8-12(9-7-11)14(16)17;10-8-4-7-9-5-2-1-3-6-9/h1-9H;1-3,5-6H,4,7H2. The largest absolute Gasteiger partial charge is 0.289 e. The highest BCUT2D eigenvalue weighted by atomic mass is 16.6. The van der Waals surface area contributed by atoms with Crippen LogP contribution in [0.3, 0.4) is 0 Å². The van der Waals surface area contributed by atoms with Crippen LogP contribution < -0.4 is 0 Å². The van der Waals surface area contributed by atoms with Crippen LogP contribution in [-0.4, -0.2) is 10.7 Å². The van der Waals surface area contributed by atoms with Crippen LogP contribution >= 0.6 is 0 Å². The molecule has 0 bridgehead atoms. The van der Waals surface area contributed by atoms with Gasteiger partial charge in [0.2, 0.25) is 0 Å². The van der Waals surface area contributed by atoms with Crippen LogP contribution in [0.1, 0.15) is 27.9 Å². The zero-order valence-corrected chi connectivity index (χ0v) is 14.6. The molecule has 0 aromatic heterocycles. The number of non-ortho nitro benzene ring substituents is 1.